The number of Topliss-reactive ketones (excluding diaryl/α,β-unsaturated/α-hetero) is 1. The van der Waals surface area contributed by atoms with E-state index < -0.39 is 0 Å². The van der Waals surface area contributed by atoms with Crippen molar-refractivity contribution >= 4 is 16.8 Å². The Labute approximate surface area is 141 Å². The number of unbranched alkanes of at least 4 members (excludes halogenated alkanes) is 1. The highest BCUT2D eigenvalue weighted by Crippen LogP contribution is 2.31. The highest BCUT2D eigenvalue weighted by molar-refractivity contribution is 5.86. The number of ether oxygens (including phenoxy) is 1. The molecule has 0 amide bonds. The maximum atomic E-state index is 12.0. The summed E-state index contributed by atoms with van der Waals surface area (Å²) in [4.78, 5) is 23.9. The molecule has 0 radical (unpaired) electrons. The molecule has 2 aromatic rings. The van der Waals surface area contributed by atoms with Crippen molar-refractivity contribution in [2.75, 3.05) is 0 Å². The van der Waals surface area contributed by atoms with Gasteiger partial charge < -0.3 is 9.15 Å². The fraction of sp³-hybridized carbons (Fsp3) is 0.500. The third-order valence-corrected chi connectivity index (χ3v) is 4.76. The molecule has 24 heavy (non-hydrogen) atoms. The number of hydrogen-bond donors (Lipinski definition) is 0. The standard InChI is InChI=1S/C20H24O4/c1-3-4-7-14-12-19(22)24-20-13(2)17(11-10-15(14)20)23-18-9-6-5-8-16(18)21/h10-12,18H,3-9H2,1-2H3/t18-/m1/s1. The second kappa shape index (κ2) is 7.20. The Morgan fingerprint density at radius 1 is 1.25 bits per heavy atom. The van der Waals surface area contributed by atoms with Crippen LogP contribution in [0.3, 0.4) is 0 Å². The molecular weight excluding hydrogens is 304 g/mol. The Kier molecular flexibility index (Phi) is 5.03. The minimum atomic E-state index is -0.370. The van der Waals surface area contributed by atoms with Gasteiger partial charge in [0.15, 0.2) is 11.9 Å². The maximum Gasteiger partial charge on any atom is 0.336 e. The molecule has 0 N–H and O–H groups in total. The summed E-state index contributed by atoms with van der Waals surface area (Å²) in [5.41, 5.74) is 2.06. The topological polar surface area (TPSA) is 56.5 Å². The smallest absolute Gasteiger partial charge is 0.336 e. The van der Waals surface area contributed by atoms with Crippen LogP contribution in [0.4, 0.5) is 0 Å². The average molecular weight is 328 g/mol. The summed E-state index contributed by atoms with van der Waals surface area (Å²) in [6.07, 6.45) is 5.91. The van der Waals surface area contributed by atoms with Crippen LogP contribution in [0.5, 0.6) is 5.75 Å². The van der Waals surface area contributed by atoms with Crippen molar-refractivity contribution in [3.8, 4) is 5.75 Å². The van der Waals surface area contributed by atoms with Crippen LogP contribution in [0.15, 0.2) is 27.4 Å². The van der Waals surface area contributed by atoms with Gasteiger partial charge in [-0.25, -0.2) is 4.79 Å². The molecule has 4 nitrogen and oxygen atoms in total. The number of benzene rings is 1. The van der Waals surface area contributed by atoms with E-state index in [2.05, 4.69) is 6.92 Å². The zero-order chi connectivity index (χ0) is 17.1. The van der Waals surface area contributed by atoms with Crippen LogP contribution in [-0.2, 0) is 11.2 Å². The molecule has 0 bridgehead atoms. The molecule has 0 saturated heterocycles. The van der Waals surface area contributed by atoms with Crippen molar-refractivity contribution in [2.45, 2.75) is 64.9 Å². The minimum absolute atomic E-state index is 0.166. The zero-order valence-corrected chi connectivity index (χ0v) is 14.4. The van der Waals surface area contributed by atoms with E-state index in [4.69, 9.17) is 9.15 Å². The predicted octanol–water partition coefficient (Wildman–Crippen LogP) is 4.33. The van der Waals surface area contributed by atoms with E-state index in [1.165, 1.54) is 0 Å². The zero-order valence-electron chi connectivity index (χ0n) is 14.4. The van der Waals surface area contributed by atoms with Crippen molar-refractivity contribution in [2.24, 2.45) is 0 Å². The Morgan fingerprint density at radius 3 is 2.83 bits per heavy atom. The Balaban J connectivity index is 1.98. The molecule has 0 unspecified atom stereocenters. The van der Waals surface area contributed by atoms with E-state index >= 15 is 0 Å². The summed E-state index contributed by atoms with van der Waals surface area (Å²) in [7, 11) is 0. The maximum absolute atomic E-state index is 12.0. The van der Waals surface area contributed by atoms with Gasteiger partial charge in [-0.3, -0.25) is 4.79 Å². The largest absolute Gasteiger partial charge is 0.482 e. The fourth-order valence-electron chi connectivity index (χ4n) is 3.34. The van der Waals surface area contributed by atoms with Crippen LogP contribution in [0.1, 0.15) is 56.6 Å². The van der Waals surface area contributed by atoms with Crippen LogP contribution >= 0.6 is 0 Å². The van der Waals surface area contributed by atoms with Gasteiger partial charge in [-0.15, -0.1) is 0 Å². The molecular formula is C20H24O4. The summed E-state index contributed by atoms with van der Waals surface area (Å²) < 4.78 is 11.4. The van der Waals surface area contributed by atoms with Gasteiger partial charge in [0, 0.05) is 23.4 Å². The van der Waals surface area contributed by atoms with Crippen LogP contribution in [0, 0.1) is 6.92 Å². The lowest BCUT2D eigenvalue weighted by Crippen LogP contribution is -2.30. The summed E-state index contributed by atoms with van der Waals surface area (Å²) in [6.45, 7) is 4.02. The number of carbonyl (C=O) groups excluding carboxylic acids is 1. The first-order chi connectivity index (χ1) is 11.6. The van der Waals surface area contributed by atoms with E-state index in [9.17, 15) is 9.59 Å². The monoisotopic (exact) mass is 328 g/mol. The first-order valence-corrected chi connectivity index (χ1v) is 8.86. The number of fused-ring (bicyclic) bond motifs is 1. The number of rotatable bonds is 5. The van der Waals surface area contributed by atoms with Gasteiger partial charge >= 0.3 is 5.63 Å². The Bertz CT molecular complexity index is 803. The molecule has 0 spiro atoms. The molecule has 1 saturated carbocycles. The average Bonchev–Trinajstić information content (AvgIpc) is 2.57. The lowest BCUT2D eigenvalue weighted by Gasteiger charge is -2.23. The molecule has 1 atom stereocenters. The highest BCUT2D eigenvalue weighted by atomic mass is 16.5. The van der Waals surface area contributed by atoms with E-state index in [-0.39, 0.29) is 17.5 Å². The third kappa shape index (κ3) is 3.37. The second-order valence-corrected chi connectivity index (χ2v) is 6.58. The van der Waals surface area contributed by atoms with Crippen LogP contribution in [0.2, 0.25) is 0 Å². The second-order valence-electron chi connectivity index (χ2n) is 6.58. The van der Waals surface area contributed by atoms with Crippen molar-refractivity contribution in [3.63, 3.8) is 0 Å². The first-order valence-electron chi connectivity index (χ1n) is 8.86. The highest BCUT2D eigenvalue weighted by Gasteiger charge is 2.25. The van der Waals surface area contributed by atoms with Gasteiger partial charge in [-0.05, 0) is 56.7 Å². The van der Waals surface area contributed by atoms with Gasteiger partial charge in [0.2, 0.25) is 0 Å². The molecule has 3 rings (SSSR count). The van der Waals surface area contributed by atoms with Gasteiger partial charge in [0.1, 0.15) is 11.3 Å². The molecule has 1 heterocycles. The van der Waals surface area contributed by atoms with Crippen LogP contribution < -0.4 is 10.4 Å². The molecule has 1 fully saturated rings. The molecule has 1 aromatic carbocycles. The number of hydrogen-bond acceptors (Lipinski definition) is 4. The number of carbonyl (C=O) groups is 1. The lowest BCUT2D eigenvalue weighted by molar-refractivity contribution is -0.127. The quantitative estimate of drug-likeness (QED) is 0.766. The van der Waals surface area contributed by atoms with Crippen LogP contribution in [-0.4, -0.2) is 11.9 Å². The molecule has 1 aromatic heterocycles. The fourth-order valence-corrected chi connectivity index (χ4v) is 3.34. The van der Waals surface area contributed by atoms with Crippen LogP contribution in [0.25, 0.3) is 11.0 Å². The van der Waals surface area contributed by atoms with Gasteiger partial charge in [-0.1, -0.05) is 13.3 Å². The third-order valence-electron chi connectivity index (χ3n) is 4.76. The van der Waals surface area contributed by atoms with E-state index in [0.717, 1.165) is 55.0 Å². The summed E-state index contributed by atoms with van der Waals surface area (Å²) in [6, 6.07) is 5.43. The normalized spacial score (nSPS) is 18.1. The van der Waals surface area contributed by atoms with E-state index in [1.807, 2.05) is 19.1 Å². The van der Waals surface area contributed by atoms with Gasteiger partial charge in [-0.2, -0.15) is 0 Å². The molecule has 128 valence electrons. The van der Waals surface area contributed by atoms with E-state index in [1.54, 1.807) is 6.07 Å². The van der Waals surface area contributed by atoms with Crippen molar-refractivity contribution < 1.29 is 13.9 Å². The van der Waals surface area contributed by atoms with Gasteiger partial charge in [0.25, 0.3) is 0 Å². The number of aryl methyl sites for hydroxylation is 2. The predicted molar refractivity (Wildman–Crippen MR) is 93.7 cm³/mol. The molecule has 0 aliphatic heterocycles. The molecule has 4 heteroatoms. The Hall–Kier alpha value is -2.10. The number of ketones is 1. The lowest BCUT2D eigenvalue weighted by atomic mass is 9.96. The summed E-state index contributed by atoms with van der Waals surface area (Å²) >= 11 is 0. The SMILES string of the molecule is CCCCc1cc(=O)oc2c(C)c(O[C@@H]3CCCCC3=O)ccc12. The minimum Gasteiger partial charge on any atom is -0.482 e. The summed E-state index contributed by atoms with van der Waals surface area (Å²) in [5, 5.41) is 0.961. The molecule has 1 aliphatic rings. The van der Waals surface area contributed by atoms with Crippen molar-refractivity contribution in [1.82, 2.24) is 0 Å². The summed E-state index contributed by atoms with van der Waals surface area (Å²) in [5.74, 6) is 0.803. The molecule has 1 aliphatic carbocycles. The van der Waals surface area contributed by atoms with E-state index in [0.29, 0.717) is 17.8 Å². The van der Waals surface area contributed by atoms with Crippen molar-refractivity contribution in [1.29, 1.82) is 0 Å². The van der Waals surface area contributed by atoms with Crippen molar-refractivity contribution in [3.05, 3.63) is 39.7 Å². The Morgan fingerprint density at radius 2 is 2.08 bits per heavy atom. The first kappa shape index (κ1) is 16.7. The van der Waals surface area contributed by atoms with Gasteiger partial charge in [0.05, 0.1) is 0 Å².